The molecule has 3 heterocycles. The molecule has 2 aromatic rings. The maximum absolute atomic E-state index is 5.67. The highest BCUT2D eigenvalue weighted by molar-refractivity contribution is 9.10. The van der Waals surface area contributed by atoms with Gasteiger partial charge in [-0.05, 0) is 34.1 Å². The van der Waals surface area contributed by atoms with Gasteiger partial charge in [0.05, 0.1) is 22.0 Å². The Morgan fingerprint density at radius 2 is 1.75 bits per heavy atom. The molecule has 20 heavy (non-hydrogen) atoms. The predicted octanol–water partition coefficient (Wildman–Crippen LogP) is 2.15. The monoisotopic (exact) mass is 333 g/mol. The molecule has 0 aromatic carbocycles. The summed E-state index contributed by atoms with van der Waals surface area (Å²) >= 11 is 3.56. The molecular weight excluding hydrogens is 318 g/mol. The molecule has 0 bridgehead atoms. The van der Waals surface area contributed by atoms with Crippen LogP contribution in [0.4, 0.5) is 17.2 Å². The molecule has 1 saturated heterocycles. The zero-order chi connectivity index (χ0) is 13.9. The van der Waals surface area contributed by atoms with Crippen LogP contribution in [0.2, 0.25) is 0 Å². The minimum absolute atomic E-state index is 0.702. The summed E-state index contributed by atoms with van der Waals surface area (Å²) in [7, 11) is 0. The van der Waals surface area contributed by atoms with Crippen molar-refractivity contribution in [3.05, 3.63) is 41.3 Å². The van der Waals surface area contributed by atoms with E-state index in [-0.39, 0.29) is 0 Å². The lowest BCUT2D eigenvalue weighted by atomic mass is 10.2. The van der Waals surface area contributed by atoms with E-state index in [9.17, 15) is 0 Å². The van der Waals surface area contributed by atoms with Crippen molar-refractivity contribution in [1.82, 2.24) is 9.97 Å². The average Bonchev–Trinajstić information content (AvgIpc) is 2.49. The lowest BCUT2D eigenvalue weighted by Gasteiger charge is -2.37. The summed E-state index contributed by atoms with van der Waals surface area (Å²) in [6.45, 7) is 3.83. The Bertz CT molecular complexity index is 578. The number of hydrogen-bond donors (Lipinski definition) is 1. The molecule has 2 aromatic heterocycles. The van der Waals surface area contributed by atoms with Gasteiger partial charge in [0.25, 0.3) is 0 Å². The first kappa shape index (κ1) is 13.2. The fourth-order valence-electron chi connectivity index (χ4n) is 2.39. The van der Waals surface area contributed by atoms with Crippen LogP contribution in [-0.4, -0.2) is 36.1 Å². The number of pyridine rings is 2. The summed E-state index contributed by atoms with van der Waals surface area (Å²) in [5.41, 5.74) is 7.57. The first-order chi connectivity index (χ1) is 9.74. The van der Waals surface area contributed by atoms with E-state index in [0.717, 1.165) is 36.5 Å². The number of nitrogen functional groups attached to an aromatic ring is 1. The minimum Gasteiger partial charge on any atom is -0.397 e. The summed E-state index contributed by atoms with van der Waals surface area (Å²) in [6, 6.07) is 5.92. The number of rotatable bonds is 2. The highest BCUT2D eigenvalue weighted by Gasteiger charge is 2.19. The van der Waals surface area contributed by atoms with Crippen molar-refractivity contribution in [3.63, 3.8) is 0 Å². The van der Waals surface area contributed by atoms with Crippen LogP contribution in [0, 0.1) is 0 Å². The zero-order valence-electron chi connectivity index (χ0n) is 11.0. The Hall–Kier alpha value is -1.82. The van der Waals surface area contributed by atoms with Gasteiger partial charge in [0.2, 0.25) is 0 Å². The largest absolute Gasteiger partial charge is 0.397 e. The van der Waals surface area contributed by atoms with Crippen molar-refractivity contribution in [2.75, 3.05) is 41.7 Å². The Morgan fingerprint density at radius 1 is 1.00 bits per heavy atom. The SMILES string of the molecule is Nc1ccc(N2CCN(c3ccncc3Br)CC2)nc1. The average molecular weight is 334 g/mol. The predicted molar refractivity (Wildman–Crippen MR) is 85.0 cm³/mol. The maximum atomic E-state index is 5.67. The van der Waals surface area contributed by atoms with Gasteiger partial charge in [0.15, 0.2) is 0 Å². The summed E-state index contributed by atoms with van der Waals surface area (Å²) in [5.74, 6) is 0.993. The second-order valence-electron chi connectivity index (χ2n) is 4.75. The van der Waals surface area contributed by atoms with E-state index in [0.29, 0.717) is 5.69 Å². The second kappa shape index (κ2) is 5.66. The third-order valence-corrected chi connectivity index (χ3v) is 4.08. The molecule has 0 radical (unpaired) electrons. The highest BCUT2D eigenvalue weighted by atomic mass is 79.9. The molecule has 0 aliphatic carbocycles. The topological polar surface area (TPSA) is 58.3 Å². The number of nitrogens with zero attached hydrogens (tertiary/aromatic N) is 4. The Morgan fingerprint density at radius 3 is 2.40 bits per heavy atom. The van der Waals surface area contributed by atoms with Gasteiger partial charge in [-0.25, -0.2) is 4.98 Å². The van der Waals surface area contributed by atoms with E-state index in [1.54, 1.807) is 6.20 Å². The number of piperazine rings is 1. The normalized spacial score (nSPS) is 15.4. The van der Waals surface area contributed by atoms with Gasteiger partial charge in [-0.1, -0.05) is 0 Å². The Balaban J connectivity index is 1.68. The Labute approximate surface area is 126 Å². The van der Waals surface area contributed by atoms with Gasteiger partial charge in [0, 0.05) is 38.6 Å². The van der Waals surface area contributed by atoms with Gasteiger partial charge in [-0.3, -0.25) is 4.98 Å². The van der Waals surface area contributed by atoms with Crippen LogP contribution in [0.3, 0.4) is 0 Å². The van der Waals surface area contributed by atoms with Crippen LogP contribution in [0.5, 0.6) is 0 Å². The minimum atomic E-state index is 0.702. The van der Waals surface area contributed by atoms with E-state index in [4.69, 9.17) is 5.73 Å². The van der Waals surface area contributed by atoms with Crippen LogP contribution in [-0.2, 0) is 0 Å². The highest BCUT2D eigenvalue weighted by Crippen LogP contribution is 2.26. The van der Waals surface area contributed by atoms with E-state index < -0.39 is 0 Å². The van der Waals surface area contributed by atoms with Crippen molar-refractivity contribution < 1.29 is 0 Å². The van der Waals surface area contributed by atoms with Crippen molar-refractivity contribution in [2.45, 2.75) is 0 Å². The molecule has 104 valence electrons. The fourth-order valence-corrected chi connectivity index (χ4v) is 2.89. The molecule has 3 rings (SSSR count). The summed E-state index contributed by atoms with van der Waals surface area (Å²) < 4.78 is 1.04. The van der Waals surface area contributed by atoms with E-state index in [1.807, 2.05) is 30.6 Å². The van der Waals surface area contributed by atoms with Gasteiger partial charge in [-0.15, -0.1) is 0 Å². The standard InChI is InChI=1S/C14H16BrN5/c15-12-10-17-4-3-13(12)19-5-7-20(8-6-19)14-2-1-11(16)9-18-14/h1-4,9-10H,5-8,16H2. The summed E-state index contributed by atoms with van der Waals surface area (Å²) in [6.07, 6.45) is 5.37. The lowest BCUT2D eigenvalue weighted by Crippen LogP contribution is -2.47. The molecule has 0 saturated carbocycles. The summed E-state index contributed by atoms with van der Waals surface area (Å²) in [5, 5.41) is 0. The smallest absolute Gasteiger partial charge is 0.128 e. The van der Waals surface area contributed by atoms with Gasteiger partial charge in [-0.2, -0.15) is 0 Å². The van der Waals surface area contributed by atoms with Crippen molar-refractivity contribution >= 4 is 33.1 Å². The van der Waals surface area contributed by atoms with Crippen molar-refractivity contribution in [3.8, 4) is 0 Å². The molecule has 6 heteroatoms. The molecule has 0 spiro atoms. The number of nitrogens with two attached hydrogens (primary N) is 1. The van der Waals surface area contributed by atoms with E-state index in [2.05, 4.69) is 35.7 Å². The van der Waals surface area contributed by atoms with E-state index in [1.165, 1.54) is 5.69 Å². The zero-order valence-corrected chi connectivity index (χ0v) is 12.6. The molecule has 0 amide bonds. The molecule has 5 nitrogen and oxygen atoms in total. The van der Waals surface area contributed by atoms with Crippen LogP contribution in [0.25, 0.3) is 0 Å². The number of halogens is 1. The Kier molecular flexibility index (Phi) is 3.73. The quantitative estimate of drug-likeness (QED) is 0.912. The van der Waals surface area contributed by atoms with Crippen LogP contribution >= 0.6 is 15.9 Å². The molecule has 1 aliphatic rings. The molecule has 2 N–H and O–H groups in total. The molecule has 1 aliphatic heterocycles. The maximum Gasteiger partial charge on any atom is 0.128 e. The molecule has 1 fully saturated rings. The number of aromatic nitrogens is 2. The first-order valence-electron chi connectivity index (χ1n) is 6.55. The van der Waals surface area contributed by atoms with Gasteiger partial charge in [0.1, 0.15) is 5.82 Å². The third kappa shape index (κ3) is 2.70. The number of anilines is 3. The third-order valence-electron chi connectivity index (χ3n) is 3.47. The number of hydrogen-bond acceptors (Lipinski definition) is 5. The van der Waals surface area contributed by atoms with Gasteiger partial charge < -0.3 is 15.5 Å². The molecule has 0 atom stereocenters. The lowest BCUT2D eigenvalue weighted by molar-refractivity contribution is 0.646. The van der Waals surface area contributed by atoms with Crippen LogP contribution in [0.15, 0.2) is 41.3 Å². The summed E-state index contributed by atoms with van der Waals surface area (Å²) in [4.78, 5) is 13.1. The first-order valence-corrected chi connectivity index (χ1v) is 7.34. The van der Waals surface area contributed by atoms with Crippen LogP contribution < -0.4 is 15.5 Å². The molecule has 0 unspecified atom stereocenters. The van der Waals surface area contributed by atoms with Crippen LogP contribution in [0.1, 0.15) is 0 Å². The van der Waals surface area contributed by atoms with Gasteiger partial charge >= 0.3 is 0 Å². The van der Waals surface area contributed by atoms with Crippen molar-refractivity contribution in [2.24, 2.45) is 0 Å². The molecular formula is C14H16BrN5. The fraction of sp³-hybridized carbons (Fsp3) is 0.286. The van der Waals surface area contributed by atoms with E-state index >= 15 is 0 Å². The second-order valence-corrected chi connectivity index (χ2v) is 5.61. The van der Waals surface area contributed by atoms with Crippen molar-refractivity contribution in [1.29, 1.82) is 0 Å².